The van der Waals surface area contributed by atoms with Crippen molar-refractivity contribution >= 4 is 35.1 Å². The number of anilines is 1. The van der Waals surface area contributed by atoms with E-state index in [1.165, 1.54) is 0 Å². The third-order valence-corrected chi connectivity index (χ3v) is 8.38. The molecule has 0 aromatic heterocycles. The summed E-state index contributed by atoms with van der Waals surface area (Å²) in [6.07, 6.45) is 0.143. The zero-order valence-electron chi connectivity index (χ0n) is 24.7. The van der Waals surface area contributed by atoms with Crippen molar-refractivity contribution in [3.05, 3.63) is 106 Å². The van der Waals surface area contributed by atoms with Crippen LogP contribution in [-0.4, -0.2) is 67.5 Å². The molecule has 0 spiro atoms. The fourth-order valence-electron chi connectivity index (χ4n) is 5.82. The summed E-state index contributed by atoms with van der Waals surface area (Å²) in [5.74, 6) is -0.122. The van der Waals surface area contributed by atoms with Crippen LogP contribution in [0.4, 0.5) is 5.69 Å². The average Bonchev–Trinajstić information content (AvgIpc) is 3.03. The molecule has 1 atom stereocenters. The van der Waals surface area contributed by atoms with Crippen molar-refractivity contribution in [3.8, 4) is 5.75 Å². The minimum atomic E-state index is -0.427. The molecule has 1 fully saturated rings. The molecule has 1 saturated heterocycles. The molecule has 0 N–H and O–H groups in total. The number of carbonyl (C=O) groups is 3. The van der Waals surface area contributed by atoms with Gasteiger partial charge < -0.3 is 24.2 Å². The Hall–Kier alpha value is -4.30. The predicted molar refractivity (Wildman–Crippen MR) is 166 cm³/mol. The third kappa shape index (κ3) is 6.54. The molecule has 3 aromatic rings. The molecule has 2 heterocycles. The highest BCUT2D eigenvalue weighted by Gasteiger charge is 2.37. The van der Waals surface area contributed by atoms with Gasteiger partial charge in [-0.3, -0.25) is 9.59 Å². The Labute approximate surface area is 257 Å². The van der Waals surface area contributed by atoms with Crippen LogP contribution in [0, 0.1) is 0 Å². The largest absolute Gasteiger partial charge is 0.495 e. The zero-order valence-corrected chi connectivity index (χ0v) is 25.5. The molecule has 2 aliphatic rings. The van der Waals surface area contributed by atoms with E-state index in [1.54, 1.807) is 50.1 Å². The van der Waals surface area contributed by atoms with E-state index < -0.39 is 11.9 Å². The number of halogens is 1. The number of para-hydroxylation sites is 2. The molecule has 1 unspecified atom stereocenters. The van der Waals surface area contributed by atoms with Gasteiger partial charge in [0.25, 0.3) is 5.91 Å². The van der Waals surface area contributed by atoms with Gasteiger partial charge in [-0.2, -0.15) is 0 Å². The fourth-order valence-corrected chi connectivity index (χ4v) is 5.94. The van der Waals surface area contributed by atoms with Gasteiger partial charge in [-0.25, -0.2) is 4.79 Å². The molecule has 0 radical (unpaired) electrons. The van der Waals surface area contributed by atoms with Crippen LogP contribution in [0.25, 0.3) is 0 Å². The average molecular weight is 602 g/mol. The number of hydrogen-bond donors (Lipinski definition) is 0. The van der Waals surface area contributed by atoms with Crippen LogP contribution in [0.15, 0.2) is 84.1 Å². The second kappa shape index (κ2) is 13.3. The number of piperazine rings is 1. The van der Waals surface area contributed by atoms with Crippen LogP contribution in [0.3, 0.4) is 0 Å². The number of nitrogens with zero attached hydrogens (tertiary/aromatic N) is 3. The van der Waals surface area contributed by atoms with Crippen LogP contribution in [0.1, 0.15) is 47.7 Å². The molecule has 5 rings (SSSR count). The SMILES string of the molecule is CCOC(=O)C1=C(C)N(Cc2ccc(C(=O)N3CCN(c4ccccc4OC)CC3)cc2)C(=O)CC1c1ccc(Cl)cc1. The van der Waals surface area contributed by atoms with Gasteiger partial charge in [0.1, 0.15) is 5.75 Å². The van der Waals surface area contributed by atoms with E-state index >= 15 is 0 Å². The lowest BCUT2D eigenvalue weighted by atomic mass is 9.83. The highest BCUT2D eigenvalue weighted by atomic mass is 35.5. The Balaban J connectivity index is 1.28. The summed E-state index contributed by atoms with van der Waals surface area (Å²) in [7, 11) is 1.67. The molecule has 43 heavy (non-hydrogen) atoms. The molecule has 0 bridgehead atoms. The summed E-state index contributed by atoms with van der Waals surface area (Å²) in [5, 5.41) is 0.586. The monoisotopic (exact) mass is 601 g/mol. The van der Waals surface area contributed by atoms with E-state index in [-0.39, 0.29) is 31.4 Å². The van der Waals surface area contributed by atoms with E-state index in [0.717, 1.165) is 22.6 Å². The lowest BCUT2D eigenvalue weighted by Crippen LogP contribution is -2.48. The number of carbonyl (C=O) groups excluding carboxylic acids is 3. The van der Waals surface area contributed by atoms with Crippen LogP contribution in [-0.2, 0) is 20.9 Å². The molecule has 224 valence electrons. The van der Waals surface area contributed by atoms with Crippen LogP contribution < -0.4 is 9.64 Å². The summed E-state index contributed by atoms with van der Waals surface area (Å²) in [5.41, 5.74) is 4.38. The lowest BCUT2D eigenvalue weighted by molar-refractivity contribution is -0.140. The van der Waals surface area contributed by atoms with Gasteiger partial charge in [-0.15, -0.1) is 0 Å². The molecule has 3 aromatic carbocycles. The third-order valence-electron chi connectivity index (χ3n) is 8.12. The van der Waals surface area contributed by atoms with E-state index in [9.17, 15) is 14.4 Å². The van der Waals surface area contributed by atoms with Gasteiger partial charge in [0.2, 0.25) is 5.91 Å². The normalized spacial score (nSPS) is 17.3. The first-order valence-corrected chi connectivity index (χ1v) is 14.9. The number of ether oxygens (including phenoxy) is 2. The Morgan fingerprint density at radius 1 is 0.930 bits per heavy atom. The Morgan fingerprint density at radius 2 is 1.60 bits per heavy atom. The van der Waals surface area contributed by atoms with Gasteiger partial charge in [-0.1, -0.05) is 48.0 Å². The summed E-state index contributed by atoms with van der Waals surface area (Å²) >= 11 is 6.08. The summed E-state index contributed by atoms with van der Waals surface area (Å²) < 4.78 is 10.9. The maximum atomic E-state index is 13.4. The summed E-state index contributed by atoms with van der Waals surface area (Å²) in [6, 6.07) is 22.5. The van der Waals surface area contributed by atoms with Crippen molar-refractivity contribution in [2.45, 2.75) is 32.7 Å². The molecule has 2 aliphatic heterocycles. The number of benzene rings is 3. The minimum absolute atomic E-state index is 0.0215. The van der Waals surface area contributed by atoms with E-state index in [1.807, 2.05) is 53.4 Å². The van der Waals surface area contributed by atoms with Crippen molar-refractivity contribution in [2.24, 2.45) is 0 Å². The van der Waals surface area contributed by atoms with Gasteiger partial charge in [0.05, 0.1) is 31.5 Å². The Kier molecular flexibility index (Phi) is 9.36. The maximum Gasteiger partial charge on any atom is 0.336 e. The Bertz CT molecular complexity index is 1510. The van der Waals surface area contributed by atoms with Crippen molar-refractivity contribution in [1.29, 1.82) is 0 Å². The van der Waals surface area contributed by atoms with Crippen LogP contribution in [0.2, 0.25) is 5.02 Å². The first kappa shape index (κ1) is 30.2. The molecule has 2 amide bonds. The topological polar surface area (TPSA) is 79.4 Å². The molecule has 0 aliphatic carbocycles. The second-order valence-corrected chi connectivity index (χ2v) is 11.1. The first-order valence-electron chi connectivity index (χ1n) is 14.5. The van der Waals surface area contributed by atoms with Crippen molar-refractivity contribution in [2.75, 3.05) is 44.8 Å². The number of methoxy groups -OCH3 is 1. The van der Waals surface area contributed by atoms with Gasteiger partial charge in [0, 0.05) is 54.8 Å². The van der Waals surface area contributed by atoms with E-state index in [0.29, 0.717) is 48.0 Å². The van der Waals surface area contributed by atoms with Gasteiger partial charge >= 0.3 is 5.97 Å². The van der Waals surface area contributed by atoms with Gasteiger partial charge in [0.15, 0.2) is 0 Å². The molecule has 0 saturated carbocycles. The quantitative estimate of drug-likeness (QED) is 0.310. The zero-order chi connectivity index (χ0) is 30.5. The number of esters is 1. The van der Waals surface area contributed by atoms with Crippen LogP contribution in [0.5, 0.6) is 5.75 Å². The highest BCUT2D eigenvalue weighted by molar-refractivity contribution is 6.30. The lowest BCUT2D eigenvalue weighted by Gasteiger charge is -2.36. The van der Waals surface area contributed by atoms with E-state index in [4.69, 9.17) is 21.1 Å². The summed E-state index contributed by atoms with van der Waals surface area (Å²) in [4.78, 5) is 45.5. The number of amides is 2. The molecular weight excluding hydrogens is 566 g/mol. The predicted octanol–water partition coefficient (Wildman–Crippen LogP) is 5.66. The smallest absolute Gasteiger partial charge is 0.336 e. The fraction of sp³-hybridized carbons (Fsp3) is 0.324. The standard InChI is InChI=1S/C34H36ClN3O5/c1-4-43-34(41)32-23(2)38(31(39)21-28(32)25-13-15-27(35)16-14-25)22-24-9-11-26(12-10-24)33(40)37-19-17-36(18-20-37)29-7-5-6-8-30(29)42-3/h5-16,28H,4,17-22H2,1-3H3. The Morgan fingerprint density at radius 3 is 2.26 bits per heavy atom. The number of hydrogen-bond acceptors (Lipinski definition) is 6. The second-order valence-electron chi connectivity index (χ2n) is 10.7. The van der Waals surface area contributed by atoms with Crippen molar-refractivity contribution in [1.82, 2.24) is 9.80 Å². The minimum Gasteiger partial charge on any atom is -0.495 e. The number of rotatable bonds is 8. The maximum absolute atomic E-state index is 13.4. The van der Waals surface area contributed by atoms with Crippen molar-refractivity contribution < 1.29 is 23.9 Å². The summed E-state index contributed by atoms with van der Waals surface area (Å²) in [6.45, 7) is 6.72. The highest BCUT2D eigenvalue weighted by Crippen LogP contribution is 2.38. The van der Waals surface area contributed by atoms with Gasteiger partial charge in [-0.05, 0) is 61.4 Å². The number of allylic oxidation sites excluding steroid dienone is 1. The van der Waals surface area contributed by atoms with Crippen LogP contribution >= 0.6 is 11.6 Å². The first-order chi connectivity index (χ1) is 20.8. The van der Waals surface area contributed by atoms with E-state index in [2.05, 4.69) is 4.90 Å². The molecule has 9 heteroatoms. The molecule has 8 nitrogen and oxygen atoms in total. The molecular formula is C34H36ClN3O5. The van der Waals surface area contributed by atoms with Crippen molar-refractivity contribution in [3.63, 3.8) is 0 Å².